The Hall–Kier alpha value is -3.16. The number of para-hydroxylation sites is 1. The van der Waals surface area contributed by atoms with Crippen LogP contribution in [0.15, 0.2) is 42.7 Å². The summed E-state index contributed by atoms with van der Waals surface area (Å²) in [4.78, 5) is 34.3. The molecule has 0 saturated carbocycles. The highest BCUT2D eigenvalue weighted by atomic mass is 16.6. The van der Waals surface area contributed by atoms with Crippen molar-refractivity contribution in [3.63, 3.8) is 0 Å². The molecule has 1 aromatic carbocycles. The molecule has 2 saturated heterocycles. The molecule has 0 aliphatic carbocycles. The van der Waals surface area contributed by atoms with Crippen LogP contribution in [0.4, 0.5) is 16.4 Å². The molecule has 0 unspecified atom stereocenters. The summed E-state index contributed by atoms with van der Waals surface area (Å²) in [6.45, 7) is 1.45. The van der Waals surface area contributed by atoms with E-state index in [9.17, 15) is 9.59 Å². The molecule has 2 aliphatic rings. The number of likely N-dealkylation sites (tertiary alicyclic amines) is 1. The number of amides is 2. The van der Waals surface area contributed by atoms with Gasteiger partial charge in [-0.15, -0.1) is 0 Å². The van der Waals surface area contributed by atoms with Crippen molar-refractivity contribution in [2.45, 2.75) is 18.4 Å². The number of hydrogen-bond donors (Lipinski definition) is 2. The van der Waals surface area contributed by atoms with Gasteiger partial charge in [0.15, 0.2) is 0 Å². The maximum Gasteiger partial charge on any atom is 0.407 e. The second kappa shape index (κ2) is 6.62. The Kier molecular flexibility index (Phi) is 4.16. The van der Waals surface area contributed by atoms with E-state index in [0.29, 0.717) is 31.1 Å². The molecule has 8 heteroatoms. The first-order valence-corrected chi connectivity index (χ1v) is 8.54. The number of aromatic nitrogens is 2. The van der Waals surface area contributed by atoms with E-state index in [1.807, 2.05) is 30.3 Å². The number of carbonyl (C=O) groups excluding carboxylic acids is 2. The van der Waals surface area contributed by atoms with Crippen LogP contribution in [-0.4, -0.2) is 52.1 Å². The fourth-order valence-electron chi connectivity index (χ4n) is 3.34. The van der Waals surface area contributed by atoms with Gasteiger partial charge < -0.3 is 20.3 Å². The summed E-state index contributed by atoms with van der Waals surface area (Å²) in [7, 11) is 0. The second-order valence-electron chi connectivity index (χ2n) is 6.54. The Labute approximate surface area is 150 Å². The van der Waals surface area contributed by atoms with Crippen molar-refractivity contribution < 1.29 is 14.3 Å². The first-order valence-electron chi connectivity index (χ1n) is 8.54. The molecule has 2 N–H and O–H groups in total. The highest BCUT2D eigenvalue weighted by molar-refractivity contribution is 5.94. The average molecular weight is 353 g/mol. The van der Waals surface area contributed by atoms with Crippen molar-refractivity contribution in [1.82, 2.24) is 20.2 Å². The largest absolute Gasteiger partial charge is 0.439 e. The van der Waals surface area contributed by atoms with Crippen LogP contribution in [-0.2, 0) is 4.74 Å². The van der Waals surface area contributed by atoms with E-state index in [0.717, 1.165) is 18.5 Å². The number of nitrogens with zero attached hydrogens (tertiary/aromatic N) is 3. The van der Waals surface area contributed by atoms with Gasteiger partial charge in [0.05, 0.1) is 18.7 Å². The van der Waals surface area contributed by atoms with E-state index >= 15 is 0 Å². The van der Waals surface area contributed by atoms with Crippen LogP contribution in [0.1, 0.15) is 23.2 Å². The maximum absolute atomic E-state index is 12.8. The smallest absolute Gasteiger partial charge is 0.407 e. The molecule has 3 heterocycles. The third-order valence-electron chi connectivity index (χ3n) is 4.62. The highest BCUT2D eigenvalue weighted by Crippen LogP contribution is 2.28. The third-order valence-corrected chi connectivity index (χ3v) is 4.62. The zero-order chi connectivity index (χ0) is 18.0. The zero-order valence-corrected chi connectivity index (χ0v) is 14.1. The number of alkyl carbamates (subject to hydrolysis) is 1. The molecule has 1 aromatic heterocycles. The normalized spacial score (nSPS) is 22.0. The van der Waals surface area contributed by atoms with Gasteiger partial charge in [0, 0.05) is 24.6 Å². The molecule has 26 heavy (non-hydrogen) atoms. The lowest BCUT2D eigenvalue weighted by Gasteiger charge is -2.38. The fourth-order valence-corrected chi connectivity index (χ4v) is 3.34. The van der Waals surface area contributed by atoms with Crippen molar-refractivity contribution >= 4 is 23.6 Å². The monoisotopic (exact) mass is 353 g/mol. The number of anilines is 2. The minimum Gasteiger partial charge on any atom is -0.439 e. The lowest BCUT2D eigenvalue weighted by molar-refractivity contribution is -0.00507. The van der Waals surface area contributed by atoms with Crippen LogP contribution in [0.5, 0.6) is 0 Å². The minimum absolute atomic E-state index is 0.154. The Morgan fingerprint density at radius 2 is 2.00 bits per heavy atom. The number of benzene rings is 1. The van der Waals surface area contributed by atoms with Gasteiger partial charge in [0.25, 0.3) is 5.91 Å². The quantitative estimate of drug-likeness (QED) is 0.875. The van der Waals surface area contributed by atoms with E-state index < -0.39 is 11.7 Å². The molecule has 1 atom stereocenters. The van der Waals surface area contributed by atoms with Gasteiger partial charge in [-0.1, -0.05) is 18.2 Å². The Bertz CT molecular complexity index is 811. The molecule has 2 amide bonds. The number of rotatable bonds is 3. The number of carbonyl (C=O) groups is 2. The standard InChI is InChI=1S/C18H19N5O3/c24-15(23-8-4-7-18(12-23)11-21-17(25)26-18)13-9-19-16(20-10-13)22-14-5-2-1-3-6-14/h1-3,5-6,9-10H,4,7-8,11-12H2,(H,21,25)(H,19,20,22)/t18-/m0/s1. The maximum atomic E-state index is 12.8. The van der Waals surface area contributed by atoms with E-state index in [4.69, 9.17) is 4.74 Å². The van der Waals surface area contributed by atoms with Crippen molar-refractivity contribution in [2.24, 2.45) is 0 Å². The first-order chi connectivity index (χ1) is 12.6. The van der Waals surface area contributed by atoms with E-state index in [-0.39, 0.29) is 5.91 Å². The number of ether oxygens (including phenoxy) is 1. The molecule has 134 valence electrons. The van der Waals surface area contributed by atoms with E-state index in [2.05, 4.69) is 20.6 Å². The van der Waals surface area contributed by atoms with Crippen LogP contribution >= 0.6 is 0 Å². The van der Waals surface area contributed by atoms with Gasteiger partial charge in [-0.3, -0.25) is 4.79 Å². The summed E-state index contributed by atoms with van der Waals surface area (Å²) >= 11 is 0. The summed E-state index contributed by atoms with van der Waals surface area (Å²) in [5, 5.41) is 5.76. The van der Waals surface area contributed by atoms with E-state index in [1.165, 1.54) is 12.4 Å². The predicted molar refractivity (Wildman–Crippen MR) is 94.1 cm³/mol. The van der Waals surface area contributed by atoms with Crippen LogP contribution in [0.25, 0.3) is 0 Å². The highest BCUT2D eigenvalue weighted by Gasteiger charge is 2.44. The Morgan fingerprint density at radius 1 is 1.23 bits per heavy atom. The number of hydrogen-bond acceptors (Lipinski definition) is 6. The van der Waals surface area contributed by atoms with Crippen molar-refractivity contribution in [1.29, 1.82) is 0 Å². The molecule has 0 radical (unpaired) electrons. The molecular weight excluding hydrogens is 334 g/mol. The summed E-state index contributed by atoms with van der Waals surface area (Å²) < 4.78 is 5.41. The molecule has 2 aromatic rings. The molecule has 0 bridgehead atoms. The first kappa shape index (κ1) is 16.3. The lowest BCUT2D eigenvalue weighted by atomic mass is 9.93. The molecule has 8 nitrogen and oxygen atoms in total. The topological polar surface area (TPSA) is 96.5 Å². The Morgan fingerprint density at radius 3 is 2.69 bits per heavy atom. The zero-order valence-electron chi connectivity index (χ0n) is 14.1. The van der Waals surface area contributed by atoms with Gasteiger partial charge in [-0.05, 0) is 25.0 Å². The van der Waals surface area contributed by atoms with Crippen molar-refractivity contribution in [3.05, 3.63) is 48.3 Å². The lowest BCUT2D eigenvalue weighted by Crippen LogP contribution is -2.52. The summed E-state index contributed by atoms with van der Waals surface area (Å²) in [5.74, 6) is 0.273. The van der Waals surface area contributed by atoms with E-state index in [1.54, 1.807) is 4.90 Å². The summed E-state index contributed by atoms with van der Waals surface area (Å²) in [6.07, 6.45) is 4.15. The molecule has 4 rings (SSSR count). The SMILES string of the molecule is O=C1NC[C@]2(CCCN(C(=O)c3cnc(Nc4ccccc4)nc3)C2)O1. The Balaban J connectivity index is 1.44. The molecule has 1 spiro atoms. The van der Waals surface area contributed by atoms with Crippen LogP contribution in [0.2, 0.25) is 0 Å². The van der Waals surface area contributed by atoms with Crippen molar-refractivity contribution in [2.75, 3.05) is 25.0 Å². The summed E-state index contributed by atoms with van der Waals surface area (Å²) in [6, 6.07) is 9.57. The molecule has 2 fully saturated rings. The van der Waals surface area contributed by atoms with Crippen molar-refractivity contribution in [3.8, 4) is 0 Å². The number of nitrogens with one attached hydrogen (secondary N) is 2. The fraction of sp³-hybridized carbons (Fsp3) is 0.333. The number of piperidine rings is 1. The van der Waals surface area contributed by atoms with Crippen LogP contribution in [0, 0.1) is 0 Å². The second-order valence-corrected chi connectivity index (χ2v) is 6.54. The third kappa shape index (κ3) is 3.30. The molecule has 2 aliphatic heterocycles. The van der Waals surface area contributed by atoms with Crippen LogP contribution < -0.4 is 10.6 Å². The average Bonchev–Trinajstić information content (AvgIpc) is 3.02. The van der Waals surface area contributed by atoms with Gasteiger partial charge >= 0.3 is 6.09 Å². The molecular formula is C18H19N5O3. The van der Waals surface area contributed by atoms with Gasteiger partial charge in [0.2, 0.25) is 5.95 Å². The predicted octanol–water partition coefficient (Wildman–Crippen LogP) is 1.93. The van der Waals surface area contributed by atoms with Gasteiger partial charge in [0.1, 0.15) is 5.60 Å². The van der Waals surface area contributed by atoms with Gasteiger partial charge in [-0.2, -0.15) is 0 Å². The van der Waals surface area contributed by atoms with Crippen LogP contribution in [0.3, 0.4) is 0 Å². The minimum atomic E-state index is -0.610. The van der Waals surface area contributed by atoms with Gasteiger partial charge in [-0.25, -0.2) is 14.8 Å². The summed E-state index contributed by atoms with van der Waals surface area (Å²) in [5.41, 5.74) is 0.679.